The van der Waals surface area contributed by atoms with Gasteiger partial charge in [-0.1, -0.05) is 6.07 Å². The third kappa shape index (κ3) is 3.33. The molecule has 19 heavy (non-hydrogen) atoms. The number of amides is 2. The Balaban J connectivity index is 1.88. The fourth-order valence-electron chi connectivity index (χ4n) is 2.19. The van der Waals surface area contributed by atoms with Crippen LogP contribution in [0.5, 0.6) is 0 Å². The minimum Gasteiger partial charge on any atom is -0.396 e. The molecule has 2 heterocycles. The number of nitrogens with zero attached hydrogens (tertiary/aromatic N) is 1. The maximum Gasteiger partial charge on any atom is 0.261 e. The van der Waals surface area contributed by atoms with Gasteiger partial charge in [0.15, 0.2) is 0 Å². The van der Waals surface area contributed by atoms with Crippen LogP contribution in [0.15, 0.2) is 17.5 Å². The molecule has 2 amide bonds. The lowest BCUT2D eigenvalue weighted by Crippen LogP contribution is -2.46. The van der Waals surface area contributed by atoms with Crippen LogP contribution in [0.25, 0.3) is 0 Å². The summed E-state index contributed by atoms with van der Waals surface area (Å²) >= 11 is 1.35. The van der Waals surface area contributed by atoms with Crippen molar-refractivity contribution >= 4 is 23.2 Å². The van der Waals surface area contributed by atoms with Gasteiger partial charge in [0.25, 0.3) is 5.91 Å². The molecule has 1 aromatic rings. The van der Waals surface area contributed by atoms with E-state index < -0.39 is 6.04 Å². The van der Waals surface area contributed by atoms with Crippen molar-refractivity contribution in [3.8, 4) is 0 Å². The predicted molar refractivity (Wildman–Crippen MR) is 73.0 cm³/mol. The highest BCUT2D eigenvalue weighted by Crippen LogP contribution is 2.16. The van der Waals surface area contributed by atoms with Crippen molar-refractivity contribution in [2.75, 3.05) is 19.7 Å². The predicted octanol–water partition coefficient (Wildman–Crippen LogP) is 0.707. The Morgan fingerprint density at radius 1 is 1.63 bits per heavy atom. The first kappa shape index (κ1) is 14.0. The van der Waals surface area contributed by atoms with E-state index in [-0.39, 0.29) is 24.3 Å². The van der Waals surface area contributed by atoms with Gasteiger partial charge in [-0.15, -0.1) is 11.3 Å². The molecule has 1 saturated heterocycles. The van der Waals surface area contributed by atoms with Crippen LogP contribution in [0.3, 0.4) is 0 Å². The van der Waals surface area contributed by atoms with E-state index in [2.05, 4.69) is 5.32 Å². The van der Waals surface area contributed by atoms with E-state index in [4.69, 9.17) is 5.11 Å². The highest BCUT2D eigenvalue weighted by atomic mass is 32.1. The number of aliphatic hydroxyl groups excluding tert-OH is 1. The van der Waals surface area contributed by atoms with Crippen molar-refractivity contribution in [2.45, 2.75) is 19.4 Å². The van der Waals surface area contributed by atoms with Crippen LogP contribution in [0.2, 0.25) is 0 Å². The standard InChI is InChI=1S/C13H18N2O3S/c1-9(14-12(17)11-3-2-6-19-11)13(18)15-5-4-10(7-15)8-16/h2-3,6,9-10,16H,4-5,7-8H2,1H3,(H,14,17). The Bertz CT molecular complexity index is 447. The number of thiophene rings is 1. The second-order valence-electron chi connectivity index (χ2n) is 4.79. The fraction of sp³-hybridized carbons (Fsp3) is 0.538. The lowest BCUT2D eigenvalue weighted by molar-refractivity contribution is -0.131. The number of hydrogen-bond donors (Lipinski definition) is 2. The van der Waals surface area contributed by atoms with Crippen LogP contribution >= 0.6 is 11.3 Å². The van der Waals surface area contributed by atoms with Gasteiger partial charge in [-0.25, -0.2) is 0 Å². The summed E-state index contributed by atoms with van der Waals surface area (Å²) in [7, 11) is 0. The molecule has 104 valence electrons. The largest absolute Gasteiger partial charge is 0.396 e. The second kappa shape index (κ2) is 6.16. The number of carbonyl (C=O) groups is 2. The van der Waals surface area contributed by atoms with Crippen LogP contribution in [0.4, 0.5) is 0 Å². The zero-order chi connectivity index (χ0) is 13.8. The Kier molecular flexibility index (Phi) is 4.55. The van der Waals surface area contributed by atoms with Crippen molar-refractivity contribution in [1.82, 2.24) is 10.2 Å². The number of nitrogens with one attached hydrogen (secondary N) is 1. The molecule has 2 unspecified atom stereocenters. The molecule has 2 N–H and O–H groups in total. The van der Waals surface area contributed by atoms with E-state index >= 15 is 0 Å². The van der Waals surface area contributed by atoms with Crippen LogP contribution in [-0.4, -0.2) is 47.6 Å². The van der Waals surface area contributed by atoms with Gasteiger partial charge in [-0.05, 0) is 24.8 Å². The van der Waals surface area contributed by atoms with Crippen LogP contribution < -0.4 is 5.32 Å². The summed E-state index contributed by atoms with van der Waals surface area (Å²) in [6.07, 6.45) is 0.827. The highest BCUT2D eigenvalue weighted by Gasteiger charge is 2.29. The number of hydrogen-bond acceptors (Lipinski definition) is 4. The summed E-state index contributed by atoms with van der Waals surface area (Å²) in [5, 5.41) is 13.6. The third-order valence-electron chi connectivity index (χ3n) is 3.32. The van der Waals surface area contributed by atoms with Crippen LogP contribution in [-0.2, 0) is 4.79 Å². The Morgan fingerprint density at radius 2 is 2.42 bits per heavy atom. The third-order valence-corrected chi connectivity index (χ3v) is 4.19. The van der Waals surface area contributed by atoms with Crippen molar-refractivity contribution in [3.63, 3.8) is 0 Å². The Hall–Kier alpha value is -1.40. The van der Waals surface area contributed by atoms with Gasteiger partial charge >= 0.3 is 0 Å². The summed E-state index contributed by atoms with van der Waals surface area (Å²) in [5.41, 5.74) is 0. The van der Waals surface area contributed by atoms with Crippen molar-refractivity contribution < 1.29 is 14.7 Å². The van der Waals surface area contributed by atoms with Gasteiger partial charge in [0, 0.05) is 25.6 Å². The van der Waals surface area contributed by atoms with Gasteiger partial charge < -0.3 is 15.3 Å². The average molecular weight is 282 g/mol. The Labute approximate surface area is 116 Å². The second-order valence-corrected chi connectivity index (χ2v) is 5.74. The van der Waals surface area contributed by atoms with E-state index in [1.165, 1.54) is 11.3 Å². The number of rotatable bonds is 4. The number of aliphatic hydroxyl groups is 1. The van der Waals surface area contributed by atoms with Crippen LogP contribution in [0.1, 0.15) is 23.0 Å². The van der Waals surface area contributed by atoms with E-state index in [1.807, 2.05) is 5.38 Å². The summed E-state index contributed by atoms with van der Waals surface area (Å²) < 4.78 is 0. The summed E-state index contributed by atoms with van der Waals surface area (Å²) in [4.78, 5) is 26.3. The van der Waals surface area contributed by atoms with Crippen LogP contribution in [0, 0.1) is 5.92 Å². The molecule has 0 bridgehead atoms. The molecule has 2 rings (SSSR count). The molecule has 2 atom stereocenters. The average Bonchev–Trinajstić information content (AvgIpc) is 3.08. The maximum absolute atomic E-state index is 12.1. The SMILES string of the molecule is CC(NC(=O)c1cccs1)C(=O)N1CCC(CO)C1. The zero-order valence-electron chi connectivity index (χ0n) is 10.8. The van der Waals surface area contributed by atoms with Gasteiger partial charge in [0.05, 0.1) is 4.88 Å². The molecule has 1 aliphatic heterocycles. The normalized spacial score (nSPS) is 20.3. The molecule has 1 fully saturated rings. The first-order valence-corrected chi connectivity index (χ1v) is 7.23. The molecule has 1 aliphatic rings. The molecule has 0 radical (unpaired) electrons. The van der Waals surface area contributed by atoms with Crippen molar-refractivity contribution in [2.24, 2.45) is 5.92 Å². The van der Waals surface area contributed by atoms with Gasteiger partial charge in [-0.3, -0.25) is 9.59 Å². The number of likely N-dealkylation sites (tertiary alicyclic amines) is 1. The first-order valence-electron chi connectivity index (χ1n) is 6.36. The highest BCUT2D eigenvalue weighted by molar-refractivity contribution is 7.12. The molecule has 0 aliphatic carbocycles. The maximum atomic E-state index is 12.1. The van der Waals surface area contributed by atoms with E-state index in [1.54, 1.807) is 24.0 Å². The summed E-state index contributed by atoms with van der Waals surface area (Å²) in [6.45, 7) is 3.04. The smallest absolute Gasteiger partial charge is 0.261 e. The molecule has 0 spiro atoms. The molecule has 6 heteroatoms. The monoisotopic (exact) mass is 282 g/mol. The first-order chi connectivity index (χ1) is 9.11. The molecular formula is C13H18N2O3S. The molecule has 5 nitrogen and oxygen atoms in total. The minimum atomic E-state index is -0.535. The molecule has 0 saturated carbocycles. The summed E-state index contributed by atoms with van der Waals surface area (Å²) in [6, 6.07) is 3.00. The van der Waals surface area contributed by atoms with Crippen molar-refractivity contribution in [3.05, 3.63) is 22.4 Å². The van der Waals surface area contributed by atoms with Gasteiger partial charge in [0.2, 0.25) is 5.91 Å². The number of carbonyl (C=O) groups excluding carboxylic acids is 2. The topological polar surface area (TPSA) is 69.6 Å². The zero-order valence-corrected chi connectivity index (χ0v) is 11.7. The van der Waals surface area contributed by atoms with Gasteiger partial charge in [0.1, 0.15) is 6.04 Å². The fourth-order valence-corrected chi connectivity index (χ4v) is 2.82. The molecule has 1 aromatic heterocycles. The molecular weight excluding hydrogens is 264 g/mol. The van der Waals surface area contributed by atoms with E-state index in [0.717, 1.165) is 6.42 Å². The van der Waals surface area contributed by atoms with E-state index in [0.29, 0.717) is 18.0 Å². The Morgan fingerprint density at radius 3 is 3.00 bits per heavy atom. The van der Waals surface area contributed by atoms with Crippen molar-refractivity contribution in [1.29, 1.82) is 0 Å². The summed E-state index contributed by atoms with van der Waals surface area (Å²) in [5.74, 6) is -0.126. The minimum absolute atomic E-state index is 0.0825. The quantitative estimate of drug-likeness (QED) is 0.854. The molecule has 0 aromatic carbocycles. The van der Waals surface area contributed by atoms with Gasteiger partial charge in [-0.2, -0.15) is 0 Å². The van der Waals surface area contributed by atoms with E-state index in [9.17, 15) is 9.59 Å². The lowest BCUT2D eigenvalue weighted by Gasteiger charge is -2.21. The lowest BCUT2D eigenvalue weighted by atomic mass is 10.1.